The summed E-state index contributed by atoms with van der Waals surface area (Å²) < 4.78 is 26.7. The van der Waals surface area contributed by atoms with Crippen LogP contribution in [0.1, 0.15) is 18.4 Å². The summed E-state index contributed by atoms with van der Waals surface area (Å²) in [6.07, 6.45) is 2.60. The number of nitrogens with one attached hydrogen (secondary N) is 3. The molecule has 0 saturated heterocycles. The maximum atomic E-state index is 11.0. The quantitative estimate of drug-likeness (QED) is 0.387. The number of anilines is 3. The van der Waals surface area contributed by atoms with Crippen molar-refractivity contribution in [3.8, 4) is 0 Å². The summed E-state index contributed by atoms with van der Waals surface area (Å²) in [4.78, 5) is 8.70. The zero-order chi connectivity index (χ0) is 21.1. The summed E-state index contributed by atoms with van der Waals surface area (Å²) in [5.41, 5.74) is 8.12. The van der Waals surface area contributed by atoms with E-state index in [9.17, 15) is 13.5 Å². The Kier molecular flexibility index (Phi) is 6.01. The molecule has 0 bridgehead atoms. The first-order valence-electron chi connectivity index (χ1n) is 9.69. The van der Waals surface area contributed by atoms with Crippen LogP contribution >= 0.6 is 0 Å². The highest BCUT2D eigenvalue weighted by molar-refractivity contribution is 7.84. The van der Waals surface area contributed by atoms with Gasteiger partial charge in [-0.1, -0.05) is 30.3 Å². The lowest BCUT2D eigenvalue weighted by Crippen LogP contribution is -2.43. The average molecular weight is 436 g/mol. The summed E-state index contributed by atoms with van der Waals surface area (Å²) in [7, 11) is -4.04. The largest absolute Gasteiger partial charge is 0.393 e. The SMILES string of the molecule is NS(=O)(=O)OCC1CC(N2NNc3c(NCCc4ccccc4)ncnc32)CC1O. The molecule has 162 valence electrons. The van der Waals surface area contributed by atoms with E-state index in [1.165, 1.54) is 11.9 Å². The van der Waals surface area contributed by atoms with Gasteiger partial charge in [0.05, 0.1) is 18.8 Å². The van der Waals surface area contributed by atoms with Crippen molar-refractivity contribution in [2.75, 3.05) is 28.9 Å². The Balaban J connectivity index is 1.39. The van der Waals surface area contributed by atoms with Crippen LogP contribution in [0.15, 0.2) is 36.7 Å². The van der Waals surface area contributed by atoms with Crippen molar-refractivity contribution < 1.29 is 17.7 Å². The number of hydrogen-bond donors (Lipinski definition) is 5. The van der Waals surface area contributed by atoms with Gasteiger partial charge in [-0.15, -0.1) is 5.53 Å². The van der Waals surface area contributed by atoms with E-state index in [-0.39, 0.29) is 18.6 Å². The Morgan fingerprint density at radius 2 is 2.07 bits per heavy atom. The third-order valence-electron chi connectivity index (χ3n) is 5.35. The highest BCUT2D eigenvalue weighted by Gasteiger charge is 2.40. The van der Waals surface area contributed by atoms with Crippen molar-refractivity contribution >= 4 is 27.6 Å². The van der Waals surface area contributed by atoms with Crippen molar-refractivity contribution in [3.05, 3.63) is 42.2 Å². The number of nitrogens with two attached hydrogens (primary N) is 1. The average Bonchev–Trinajstić information content (AvgIpc) is 3.30. The van der Waals surface area contributed by atoms with E-state index in [2.05, 4.69) is 42.6 Å². The molecule has 0 amide bonds. The lowest BCUT2D eigenvalue weighted by atomic mass is 10.1. The van der Waals surface area contributed by atoms with Crippen molar-refractivity contribution in [3.63, 3.8) is 0 Å². The zero-order valence-corrected chi connectivity index (χ0v) is 17.0. The second-order valence-corrected chi connectivity index (χ2v) is 8.64. The molecule has 4 rings (SSSR count). The first-order valence-corrected chi connectivity index (χ1v) is 11.2. The van der Waals surface area contributed by atoms with Gasteiger partial charge in [0.25, 0.3) is 0 Å². The molecule has 12 heteroatoms. The maximum absolute atomic E-state index is 11.0. The lowest BCUT2D eigenvalue weighted by Gasteiger charge is -2.24. The van der Waals surface area contributed by atoms with Crippen LogP contribution in [0.4, 0.5) is 17.3 Å². The molecule has 1 fully saturated rings. The molecule has 1 aromatic heterocycles. The summed E-state index contributed by atoms with van der Waals surface area (Å²) in [5, 5.41) is 20.4. The molecular formula is C18H25N7O4S. The molecule has 1 aromatic carbocycles. The highest BCUT2D eigenvalue weighted by atomic mass is 32.2. The smallest absolute Gasteiger partial charge is 0.333 e. The van der Waals surface area contributed by atoms with Crippen LogP contribution in [0.2, 0.25) is 0 Å². The van der Waals surface area contributed by atoms with Gasteiger partial charge in [0, 0.05) is 12.5 Å². The van der Waals surface area contributed by atoms with Crippen LogP contribution < -0.4 is 26.4 Å². The third-order valence-corrected chi connectivity index (χ3v) is 5.81. The van der Waals surface area contributed by atoms with E-state index in [0.29, 0.717) is 31.0 Å². The van der Waals surface area contributed by atoms with Crippen molar-refractivity contribution in [1.29, 1.82) is 0 Å². The maximum Gasteiger partial charge on any atom is 0.333 e. The molecule has 2 aliphatic rings. The highest BCUT2D eigenvalue weighted by Crippen LogP contribution is 2.38. The Hall–Kier alpha value is -2.51. The molecule has 30 heavy (non-hydrogen) atoms. The van der Waals surface area contributed by atoms with Crippen molar-refractivity contribution in [2.45, 2.75) is 31.4 Å². The minimum absolute atomic E-state index is 0.102. The minimum atomic E-state index is -4.04. The Labute approximate surface area is 174 Å². The van der Waals surface area contributed by atoms with Crippen LogP contribution in [0.3, 0.4) is 0 Å². The molecule has 0 spiro atoms. The summed E-state index contributed by atoms with van der Waals surface area (Å²) >= 11 is 0. The number of hydrogen-bond acceptors (Lipinski definition) is 10. The Morgan fingerprint density at radius 1 is 1.27 bits per heavy atom. The topological polar surface area (TPSA) is 155 Å². The van der Waals surface area contributed by atoms with Crippen LogP contribution in [-0.4, -0.2) is 48.8 Å². The molecule has 2 heterocycles. The van der Waals surface area contributed by atoms with Gasteiger partial charge in [-0.2, -0.15) is 8.42 Å². The van der Waals surface area contributed by atoms with E-state index >= 15 is 0 Å². The van der Waals surface area contributed by atoms with Gasteiger partial charge < -0.3 is 10.4 Å². The number of benzene rings is 1. The molecular weight excluding hydrogens is 410 g/mol. The van der Waals surface area contributed by atoms with E-state index in [1.54, 1.807) is 0 Å². The molecule has 11 nitrogen and oxygen atoms in total. The summed E-state index contributed by atoms with van der Waals surface area (Å²) in [6.45, 7) is 0.560. The number of rotatable bonds is 8. The molecule has 3 atom stereocenters. The van der Waals surface area contributed by atoms with Gasteiger partial charge in [0.2, 0.25) is 0 Å². The van der Waals surface area contributed by atoms with Crippen LogP contribution in [0.5, 0.6) is 0 Å². The van der Waals surface area contributed by atoms with Gasteiger partial charge in [-0.05, 0) is 24.8 Å². The van der Waals surface area contributed by atoms with Crippen molar-refractivity contribution in [2.24, 2.45) is 11.1 Å². The first-order chi connectivity index (χ1) is 14.4. The summed E-state index contributed by atoms with van der Waals surface area (Å²) in [6, 6.07) is 10.1. The number of aliphatic hydroxyl groups is 1. The van der Waals surface area contributed by atoms with Crippen molar-refractivity contribution in [1.82, 2.24) is 15.5 Å². The number of fused-ring (bicyclic) bond motifs is 1. The zero-order valence-electron chi connectivity index (χ0n) is 16.2. The fourth-order valence-electron chi connectivity index (χ4n) is 3.86. The van der Waals surface area contributed by atoms with E-state index in [4.69, 9.17) is 5.14 Å². The second-order valence-electron chi connectivity index (χ2n) is 7.42. The van der Waals surface area contributed by atoms with Crippen LogP contribution in [-0.2, 0) is 20.9 Å². The monoisotopic (exact) mass is 435 g/mol. The van der Waals surface area contributed by atoms with E-state index < -0.39 is 16.4 Å². The fourth-order valence-corrected chi connectivity index (χ4v) is 4.22. The molecule has 0 radical (unpaired) electrons. The Morgan fingerprint density at radius 3 is 2.83 bits per heavy atom. The predicted octanol–water partition coefficient (Wildman–Crippen LogP) is 0.142. The van der Waals surface area contributed by atoms with Crippen LogP contribution in [0, 0.1) is 5.92 Å². The number of hydrazine groups is 2. The molecule has 1 aliphatic carbocycles. The van der Waals surface area contributed by atoms with Gasteiger partial charge in [0.15, 0.2) is 11.6 Å². The van der Waals surface area contributed by atoms with Gasteiger partial charge in [-0.25, -0.2) is 15.1 Å². The van der Waals surface area contributed by atoms with Gasteiger partial charge >= 0.3 is 10.3 Å². The predicted molar refractivity (Wildman–Crippen MR) is 111 cm³/mol. The number of nitrogens with zero attached hydrogens (tertiary/aromatic N) is 3. The molecule has 2 aromatic rings. The van der Waals surface area contributed by atoms with E-state index in [0.717, 1.165) is 12.1 Å². The summed E-state index contributed by atoms with van der Waals surface area (Å²) in [5.74, 6) is 1.00. The molecule has 3 unspecified atom stereocenters. The molecule has 1 aliphatic heterocycles. The lowest BCUT2D eigenvalue weighted by molar-refractivity contribution is 0.101. The minimum Gasteiger partial charge on any atom is -0.393 e. The van der Waals surface area contributed by atoms with E-state index in [1.807, 2.05) is 23.2 Å². The van der Waals surface area contributed by atoms with Crippen LogP contribution in [0.25, 0.3) is 0 Å². The third kappa shape index (κ3) is 4.79. The first kappa shape index (κ1) is 20.8. The molecule has 6 N–H and O–H groups in total. The normalized spacial score (nSPS) is 23.3. The number of aliphatic hydroxyl groups excluding tert-OH is 1. The van der Waals surface area contributed by atoms with Gasteiger partial charge in [-0.3, -0.25) is 14.6 Å². The molecule has 1 saturated carbocycles. The second kappa shape index (κ2) is 8.70. The van der Waals surface area contributed by atoms with Gasteiger partial charge in [0.1, 0.15) is 12.0 Å². The standard InChI is InChI=1S/C18H25N7O4S/c19-30(27,28)29-10-13-8-14(9-15(13)26)25-18-16(23-24-25)17(21-11-22-18)20-7-6-12-4-2-1-3-5-12/h1-5,11,13-15,23-24,26H,6-10H2,(H2,19,27,28)(H,20,21,22). The number of aromatic nitrogens is 2. The fraction of sp³-hybridized carbons (Fsp3) is 0.444. The Bertz CT molecular complexity index is 976.